The van der Waals surface area contributed by atoms with Crippen LogP contribution in [0.4, 0.5) is 17.5 Å². The molecule has 21 heavy (non-hydrogen) atoms. The van der Waals surface area contributed by atoms with Crippen LogP contribution >= 0.6 is 11.3 Å². The summed E-state index contributed by atoms with van der Waals surface area (Å²) in [6, 6.07) is 10.5. The molecule has 108 valence electrons. The Labute approximate surface area is 128 Å². The number of hydrogen-bond acceptors (Lipinski definition) is 5. The number of nitrogens with one attached hydrogen (secondary N) is 1. The molecule has 0 aliphatic carbocycles. The van der Waals surface area contributed by atoms with E-state index in [1.165, 1.54) is 5.56 Å². The zero-order valence-corrected chi connectivity index (χ0v) is 13.2. The van der Waals surface area contributed by atoms with Crippen molar-refractivity contribution in [1.29, 1.82) is 0 Å². The van der Waals surface area contributed by atoms with Crippen molar-refractivity contribution in [2.24, 2.45) is 0 Å². The van der Waals surface area contributed by atoms with Crippen molar-refractivity contribution >= 4 is 39.0 Å². The summed E-state index contributed by atoms with van der Waals surface area (Å²) in [5, 5.41) is 6.35. The second kappa shape index (κ2) is 5.69. The third kappa shape index (κ3) is 2.69. The highest BCUT2D eigenvalue weighted by Crippen LogP contribution is 2.32. The molecule has 4 nitrogen and oxygen atoms in total. The highest BCUT2D eigenvalue weighted by atomic mass is 32.1. The minimum absolute atomic E-state index is 0.682. The fraction of sp³-hybridized carbons (Fsp3) is 0.250. The Morgan fingerprint density at radius 2 is 2.10 bits per heavy atom. The molecule has 1 N–H and O–H groups in total. The molecular formula is C16H18N4S. The third-order valence-electron chi connectivity index (χ3n) is 3.35. The smallest absolute Gasteiger partial charge is 0.226 e. The first-order valence-corrected chi connectivity index (χ1v) is 7.86. The van der Waals surface area contributed by atoms with Crippen LogP contribution in [0.25, 0.3) is 10.2 Å². The number of fused-ring (bicyclic) bond motifs is 1. The Hall–Kier alpha value is -2.14. The van der Waals surface area contributed by atoms with Crippen molar-refractivity contribution < 1.29 is 0 Å². The molecule has 2 aromatic heterocycles. The Morgan fingerprint density at radius 1 is 1.24 bits per heavy atom. The van der Waals surface area contributed by atoms with Gasteiger partial charge in [-0.3, -0.25) is 0 Å². The van der Waals surface area contributed by atoms with Crippen molar-refractivity contribution in [1.82, 2.24) is 9.97 Å². The van der Waals surface area contributed by atoms with Crippen LogP contribution in [-0.2, 0) is 0 Å². The molecule has 0 bridgehead atoms. The van der Waals surface area contributed by atoms with Crippen molar-refractivity contribution in [3.8, 4) is 0 Å². The second-order valence-corrected chi connectivity index (χ2v) is 5.83. The van der Waals surface area contributed by atoms with Crippen molar-refractivity contribution in [2.75, 3.05) is 23.8 Å². The van der Waals surface area contributed by atoms with Crippen molar-refractivity contribution in [2.45, 2.75) is 13.8 Å². The third-order valence-corrected chi connectivity index (χ3v) is 4.15. The van der Waals surface area contributed by atoms with Crippen LogP contribution in [-0.4, -0.2) is 23.6 Å². The number of aryl methyl sites for hydroxylation is 1. The maximum absolute atomic E-state index is 4.68. The van der Waals surface area contributed by atoms with Gasteiger partial charge in [0.1, 0.15) is 10.6 Å². The first-order chi connectivity index (χ1) is 10.2. The summed E-state index contributed by atoms with van der Waals surface area (Å²) in [6.07, 6.45) is 0. The normalized spacial score (nSPS) is 10.8. The summed E-state index contributed by atoms with van der Waals surface area (Å²) in [5.74, 6) is 1.62. The predicted molar refractivity (Wildman–Crippen MR) is 90.8 cm³/mol. The van der Waals surface area contributed by atoms with Gasteiger partial charge < -0.3 is 10.2 Å². The van der Waals surface area contributed by atoms with E-state index >= 15 is 0 Å². The number of nitrogens with zero attached hydrogens (tertiary/aromatic N) is 3. The van der Waals surface area contributed by atoms with E-state index < -0.39 is 0 Å². The summed E-state index contributed by atoms with van der Waals surface area (Å²) in [6.45, 7) is 4.96. The molecule has 0 atom stereocenters. The van der Waals surface area contributed by atoms with E-state index in [9.17, 15) is 0 Å². The predicted octanol–water partition coefficient (Wildman–Crippen LogP) is 4.20. The molecule has 0 aliphatic rings. The van der Waals surface area contributed by atoms with E-state index in [-0.39, 0.29) is 0 Å². The van der Waals surface area contributed by atoms with Crippen LogP contribution < -0.4 is 10.2 Å². The van der Waals surface area contributed by atoms with Crippen LogP contribution in [0.2, 0.25) is 0 Å². The number of thiophene rings is 1. The van der Waals surface area contributed by atoms with Gasteiger partial charge in [-0.1, -0.05) is 12.1 Å². The molecule has 0 saturated heterocycles. The molecule has 0 aliphatic heterocycles. The molecule has 3 aromatic rings. The zero-order valence-electron chi connectivity index (χ0n) is 12.4. The van der Waals surface area contributed by atoms with E-state index in [1.807, 2.05) is 14.0 Å². The average molecular weight is 298 g/mol. The van der Waals surface area contributed by atoms with Gasteiger partial charge in [-0.05, 0) is 43.0 Å². The van der Waals surface area contributed by atoms with Crippen LogP contribution in [0.5, 0.6) is 0 Å². The number of anilines is 3. The monoisotopic (exact) mass is 298 g/mol. The van der Waals surface area contributed by atoms with Gasteiger partial charge in [0.05, 0.1) is 5.39 Å². The maximum Gasteiger partial charge on any atom is 0.226 e. The fourth-order valence-electron chi connectivity index (χ4n) is 2.29. The lowest BCUT2D eigenvalue weighted by molar-refractivity contribution is 1.07. The number of hydrogen-bond donors (Lipinski definition) is 1. The molecule has 0 fully saturated rings. The minimum Gasteiger partial charge on any atom is -0.354 e. The fourth-order valence-corrected chi connectivity index (χ4v) is 3.05. The topological polar surface area (TPSA) is 41.1 Å². The molecule has 0 amide bonds. The Morgan fingerprint density at radius 3 is 2.86 bits per heavy atom. The van der Waals surface area contributed by atoms with E-state index in [4.69, 9.17) is 0 Å². The van der Waals surface area contributed by atoms with Crippen LogP contribution in [0.1, 0.15) is 12.5 Å². The average Bonchev–Trinajstić information content (AvgIpc) is 2.94. The lowest BCUT2D eigenvalue weighted by Gasteiger charge is -2.20. The quantitative estimate of drug-likeness (QED) is 0.783. The number of benzene rings is 1. The van der Waals surface area contributed by atoms with Crippen molar-refractivity contribution in [3.05, 3.63) is 41.3 Å². The SMILES string of the molecule is CCNc1nc(N(C)c2cccc(C)c2)c2ccsc2n1. The first-order valence-electron chi connectivity index (χ1n) is 6.98. The summed E-state index contributed by atoms with van der Waals surface area (Å²) in [4.78, 5) is 12.4. The highest BCUT2D eigenvalue weighted by Gasteiger charge is 2.13. The lowest BCUT2D eigenvalue weighted by atomic mass is 10.2. The molecule has 0 radical (unpaired) electrons. The standard InChI is InChI=1S/C16H18N4S/c1-4-17-16-18-14(13-8-9-21-15(13)19-16)20(3)12-7-5-6-11(2)10-12/h5-10H,4H2,1-3H3,(H,17,18,19). The Kier molecular flexibility index (Phi) is 3.75. The van der Waals surface area contributed by atoms with Gasteiger partial charge in [-0.15, -0.1) is 11.3 Å². The molecule has 2 heterocycles. The summed E-state index contributed by atoms with van der Waals surface area (Å²) >= 11 is 1.64. The van der Waals surface area contributed by atoms with Gasteiger partial charge in [0.25, 0.3) is 0 Å². The van der Waals surface area contributed by atoms with Crippen LogP contribution in [0, 0.1) is 6.92 Å². The minimum atomic E-state index is 0.682. The summed E-state index contributed by atoms with van der Waals surface area (Å²) in [5.41, 5.74) is 2.37. The molecule has 0 saturated carbocycles. The zero-order chi connectivity index (χ0) is 14.8. The maximum atomic E-state index is 4.68. The second-order valence-electron chi connectivity index (χ2n) is 4.94. The van der Waals surface area contributed by atoms with Gasteiger partial charge in [0.15, 0.2) is 0 Å². The van der Waals surface area contributed by atoms with E-state index in [0.29, 0.717) is 5.95 Å². The molecule has 5 heteroatoms. The van der Waals surface area contributed by atoms with Gasteiger partial charge in [-0.2, -0.15) is 4.98 Å². The van der Waals surface area contributed by atoms with Gasteiger partial charge in [-0.25, -0.2) is 4.98 Å². The molecule has 0 unspecified atom stereocenters. The van der Waals surface area contributed by atoms with Gasteiger partial charge in [0, 0.05) is 19.3 Å². The van der Waals surface area contributed by atoms with Gasteiger partial charge in [0.2, 0.25) is 5.95 Å². The van der Waals surface area contributed by atoms with E-state index in [2.05, 4.69) is 62.8 Å². The van der Waals surface area contributed by atoms with E-state index in [0.717, 1.165) is 28.3 Å². The Bertz CT molecular complexity index is 766. The lowest BCUT2D eigenvalue weighted by Crippen LogP contribution is -2.13. The van der Waals surface area contributed by atoms with Crippen LogP contribution in [0.15, 0.2) is 35.7 Å². The summed E-state index contributed by atoms with van der Waals surface area (Å²) in [7, 11) is 2.05. The summed E-state index contributed by atoms with van der Waals surface area (Å²) < 4.78 is 0. The highest BCUT2D eigenvalue weighted by molar-refractivity contribution is 7.16. The Balaban J connectivity index is 2.11. The van der Waals surface area contributed by atoms with Gasteiger partial charge >= 0.3 is 0 Å². The number of aromatic nitrogens is 2. The molecule has 0 spiro atoms. The largest absolute Gasteiger partial charge is 0.354 e. The van der Waals surface area contributed by atoms with Crippen LogP contribution in [0.3, 0.4) is 0 Å². The molecular weight excluding hydrogens is 280 g/mol. The molecule has 1 aromatic carbocycles. The van der Waals surface area contributed by atoms with Crippen molar-refractivity contribution in [3.63, 3.8) is 0 Å². The molecule has 3 rings (SSSR count). The van der Waals surface area contributed by atoms with E-state index in [1.54, 1.807) is 11.3 Å². The number of rotatable bonds is 4. The first kappa shape index (κ1) is 13.8.